The molecule has 6 heteroatoms. The van der Waals surface area contributed by atoms with Crippen LogP contribution in [0.4, 0.5) is 0 Å². The molecule has 3 unspecified atom stereocenters. The van der Waals surface area contributed by atoms with Gasteiger partial charge < -0.3 is 19.6 Å². The molecule has 3 fully saturated rings. The molecule has 3 saturated heterocycles. The highest BCUT2D eigenvalue weighted by Crippen LogP contribution is 2.40. The fraction of sp³-hybridized carbons (Fsp3) is 0.933. The summed E-state index contributed by atoms with van der Waals surface area (Å²) in [5, 5.41) is 7.70. The largest absolute Gasteiger partial charge is 0.470 e. The van der Waals surface area contributed by atoms with E-state index >= 15 is 0 Å². The standard InChI is InChI=1S/C15H25N3O3/c1-2-4-18(5-3-1)7-13-9-20-17-14(21-13)15-10-16-6-12(15)8-19-11-15/h12-13,16H,1-11H2. The fourth-order valence-corrected chi connectivity index (χ4v) is 4.01. The summed E-state index contributed by atoms with van der Waals surface area (Å²) in [6.07, 6.45) is 4.07. The predicted octanol–water partition coefficient (Wildman–Crippen LogP) is 0.437. The van der Waals surface area contributed by atoms with Gasteiger partial charge in [0.2, 0.25) is 5.90 Å². The molecule has 0 bridgehead atoms. The van der Waals surface area contributed by atoms with E-state index in [1.54, 1.807) is 0 Å². The average molecular weight is 295 g/mol. The van der Waals surface area contributed by atoms with Gasteiger partial charge in [0, 0.05) is 25.6 Å². The summed E-state index contributed by atoms with van der Waals surface area (Å²) in [5.74, 6) is 1.23. The van der Waals surface area contributed by atoms with E-state index < -0.39 is 0 Å². The summed E-state index contributed by atoms with van der Waals surface area (Å²) in [5.41, 5.74) is -0.0967. The Morgan fingerprint density at radius 3 is 3.05 bits per heavy atom. The quantitative estimate of drug-likeness (QED) is 0.819. The number of piperidine rings is 1. The van der Waals surface area contributed by atoms with Crippen molar-refractivity contribution in [1.29, 1.82) is 0 Å². The van der Waals surface area contributed by atoms with Crippen LogP contribution in [-0.2, 0) is 14.3 Å². The van der Waals surface area contributed by atoms with Crippen LogP contribution < -0.4 is 5.32 Å². The van der Waals surface area contributed by atoms with Crippen LogP contribution in [0.5, 0.6) is 0 Å². The first kappa shape index (κ1) is 13.8. The molecule has 0 saturated carbocycles. The number of rotatable bonds is 3. The lowest BCUT2D eigenvalue weighted by atomic mass is 9.80. The first-order chi connectivity index (χ1) is 10.4. The van der Waals surface area contributed by atoms with Crippen molar-refractivity contribution in [3.05, 3.63) is 0 Å². The number of likely N-dealkylation sites (tertiary alicyclic amines) is 1. The van der Waals surface area contributed by atoms with E-state index in [0.29, 0.717) is 19.1 Å². The van der Waals surface area contributed by atoms with Crippen molar-refractivity contribution in [3.8, 4) is 0 Å². The Labute approximate surface area is 125 Å². The van der Waals surface area contributed by atoms with E-state index in [2.05, 4.69) is 15.4 Å². The molecule has 4 heterocycles. The van der Waals surface area contributed by atoms with E-state index in [9.17, 15) is 0 Å². The number of hydrogen-bond donors (Lipinski definition) is 1. The van der Waals surface area contributed by atoms with Gasteiger partial charge in [-0.2, -0.15) is 0 Å². The molecular formula is C15H25N3O3. The molecule has 0 amide bonds. The second-order valence-corrected chi connectivity index (χ2v) is 6.79. The van der Waals surface area contributed by atoms with Crippen molar-refractivity contribution in [3.63, 3.8) is 0 Å². The van der Waals surface area contributed by atoms with Crippen LogP contribution in [0.25, 0.3) is 0 Å². The zero-order valence-electron chi connectivity index (χ0n) is 12.6. The van der Waals surface area contributed by atoms with Crippen molar-refractivity contribution in [2.24, 2.45) is 16.5 Å². The minimum atomic E-state index is -0.0967. The highest BCUT2D eigenvalue weighted by atomic mass is 16.7. The maximum Gasteiger partial charge on any atom is 0.236 e. The van der Waals surface area contributed by atoms with Gasteiger partial charge in [-0.3, -0.25) is 4.90 Å². The van der Waals surface area contributed by atoms with Crippen LogP contribution in [0, 0.1) is 11.3 Å². The van der Waals surface area contributed by atoms with Gasteiger partial charge in [0.05, 0.1) is 18.6 Å². The van der Waals surface area contributed by atoms with E-state index in [0.717, 1.165) is 32.1 Å². The molecule has 3 atom stereocenters. The van der Waals surface area contributed by atoms with Crippen LogP contribution in [0.2, 0.25) is 0 Å². The topological polar surface area (TPSA) is 55.3 Å². The summed E-state index contributed by atoms with van der Waals surface area (Å²) < 4.78 is 11.9. The third-order valence-corrected chi connectivity index (χ3v) is 5.31. The molecule has 4 aliphatic rings. The van der Waals surface area contributed by atoms with Crippen LogP contribution in [0.3, 0.4) is 0 Å². The van der Waals surface area contributed by atoms with Gasteiger partial charge in [-0.25, -0.2) is 0 Å². The molecule has 0 aromatic heterocycles. The van der Waals surface area contributed by atoms with Crippen LogP contribution in [0.15, 0.2) is 5.16 Å². The maximum absolute atomic E-state index is 6.24. The average Bonchev–Trinajstić information content (AvgIpc) is 3.09. The summed E-state index contributed by atoms with van der Waals surface area (Å²) in [4.78, 5) is 8.00. The van der Waals surface area contributed by atoms with E-state index in [-0.39, 0.29) is 11.5 Å². The number of nitrogens with zero attached hydrogens (tertiary/aromatic N) is 2. The molecule has 6 nitrogen and oxygen atoms in total. The van der Waals surface area contributed by atoms with Crippen molar-refractivity contribution < 1.29 is 14.3 Å². The molecule has 0 aromatic rings. The third-order valence-electron chi connectivity index (χ3n) is 5.31. The van der Waals surface area contributed by atoms with Crippen LogP contribution in [-0.4, -0.2) is 69.4 Å². The molecule has 4 rings (SSSR count). The van der Waals surface area contributed by atoms with Gasteiger partial charge in [0.25, 0.3) is 0 Å². The molecule has 0 aliphatic carbocycles. The van der Waals surface area contributed by atoms with Gasteiger partial charge in [0.1, 0.15) is 6.10 Å². The molecule has 0 spiro atoms. The van der Waals surface area contributed by atoms with E-state index in [1.165, 1.54) is 32.4 Å². The molecule has 118 valence electrons. The maximum atomic E-state index is 6.24. The predicted molar refractivity (Wildman–Crippen MR) is 78.2 cm³/mol. The Kier molecular flexibility index (Phi) is 3.77. The summed E-state index contributed by atoms with van der Waals surface area (Å²) in [6.45, 7) is 7.25. The summed E-state index contributed by atoms with van der Waals surface area (Å²) >= 11 is 0. The highest BCUT2D eigenvalue weighted by Gasteiger charge is 2.54. The van der Waals surface area contributed by atoms with Crippen molar-refractivity contribution in [2.75, 3.05) is 52.5 Å². The first-order valence-corrected chi connectivity index (χ1v) is 8.25. The van der Waals surface area contributed by atoms with Crippen molar-refractivity contribution in [2.45, 2.75) is 25.4 Å². The molecule has 1 N–H and O–H groups in total. The summed E-state index contributed by atoms with van der Waals surface area (Å²) in [7, 11) is 0. The Balaban J connectivity index is 1.41. The van der Waals surface area contributed by atoms with Gasteiger partial charge in [-0.05, 0) is 25.9 Å². The number of hydrogen-bond acceptors (Lipinski definition) is 6. The second-order valence-electron chi connectivity index (χ2n) is 6.79. The SMILES string of the molecule is C1CCN(CC2CON=C(C34CNCC3COC4)O2)CC1. The van der Waals surface area contributed by atoms with Crippen molar-refractivity contribution in [1.82, 2.24) is 10.2 Å². The highest BCUT2D eigenvalue weighted by molar-refractivity contribution is 5.84. The Hall–Kier alpha value is -0.850. The number of ether oxygens (including phenoxy) is 2. The molecule has 21 heavy (non-hydrogen) atoms. The van der Waals surface area contributed by atoms with E-state index in [4.69, 9.17) is 14.3 Å². The van der Waals surface area contributed by atoms with Crippen molar-refractivity contribution >= 4 is 5.90 Å². The first-order valence-electron chi connectivity index (χ1n) is 8.25. The number of oxime groups is 1. The third kappa shape index (κ3) is 2.53. The lowest BCUT2D eigenvalue weighted by molar-refractivity contribution is -0.0226. The lowest BCUT2D eigenvalue weighted by Crippen LogP contribution is -2.48. The fourth-order valence-electron chi connectivity index (χ4n) is 4.01. The van der Waals surface area contributed by atoms with Gasteiger partial charge in [0.15, 0.2) is 6.61 Å². The van der Waals surface area contributed by atoms with Gasteiger partial charge in [-0.15, -0.1) is 0 Å². The van der Waals surface area contributed by atoms with Gasteiger partial charge in [-0.1, -0.05) is 11.6 Å². The zero-order chi connectivity index (χ0) is 14.1. The normalized spacial score (nSPS) is 40.3. The molecule has 0 aromatic carbocycles. The minimum Gasteiger partial charge on any atom is -0.470 e. The lowest BCUT2D eigenvalue weighted by Gasteiger charge is -2.35. The molecule has 4 aliphatic heterocycles. The Bertz CT molecular complexity index is 399. The molecule has 0 radical (unpaired) electrons. The number of nitrogens with one attached hydrogen (secondary N) is 1. The number of fused-ring (bicyclic) bond motifs is 1. The zero-order valence-corrected chi connectivity index (χ0v) is 12.6. The second kappa shape index (κ2) is 5.74. The smallest absolute Gasteiger partial charge is 0.236 e. The Morgan fingerprint density at radius 2 is 2.14 bits per heavy atom. The van der Waals surface area contributed by atoms with Crippen LogP contribution in [0.1, 0.15) is 19.3 Å². The van der Waals surface area contributed by atoms with E-state index in [1.807, 2.05) is 0 Å². The minimum absolute atomic E-state index is 0.0967. The monoisotopic (exact) mass is 295 g/mol. The molecular weight excluding hydrogens is 270 g/mol. The van der Waals surface area contributed by atoms with Gasteiger partial charge >= 0.3 is 0 Å². The Morgan fingerprint density at radius 1 is 1.24 bits per heavy atom. The van der Waals surface area contributed by atoms with Crippen LogP contribution >= 0.6 is 0 Å². The summed E-state index contributed by atoms with van der Waals surface area (Å²) in [6, 6.07) is 0.